The molecule has 0 aromatic heterocycles. The van der Waals surface area contributed by atoms with E-state index in [9.17, 15) is 163 Å². The normalized spacial score (nSPS) is 30.8. The van der Waals surface area contributed by atoms with Gasteiger partial charge in [0.2, 0.25) is 25.2 Å². The van der Waals surface area contributed by atoms with Gasteiger partial charge in [0.1, 0.15) is 122 Å². The van der Waals surface area contributed by atoms with Crippen LogP contribution in [0.4, 0.5) is 0 Å². The zero-order chi connectivity index (χ0) is 93.0. The Kier molecular flexibility index (Phi) is 49.7. The summed E-state index contributed by atoms with van der Waals surface area (Å²) >= 11 is 0. The summed E-state index contributed by atoms with van der Waals surface area (Å²) < 4.78 is 69.7. The van der Waals surface area contributed by atoms with E-state index in [4.69, 9.17) is 56.8 Å². The van der Waals surface area contributed by atoms with Gasteiger partial charge in [-0.05, 0) is 36.8 Å². The van der Waals surface area contributed by atoms with Gasteiger partial charge in [-0.3, -0.25) is 0 Å². The smallest absolute Gasteiger partial charge is 0.218 e. The van der Waals surface area contributed by atoms with Crippen LogP contribution in [-0.2, 0) is 69.7 Å². The molecule has 4 heterocycles. The first-order valence-electron chi connectivity index (χ1n) is 42.4. The Balaban J connectivity index is 1.65. The molecular weight excluding hydrogens is 1680 g/mol. The number of unbranched alkanes of at least 4 members (excludes halogenated alkanes) is 12. The highest BCUT2D eigenvalue weighted by Crippen LogP contribution is 2.40. The van der Waals surface area contributed by atoms with Crippen molar-refractivity contribution in [1.29, 1.82) is 0 Å². The maximum Gasteiger partial charge on any atom is 0.218 e. The van der Waals surface area contributed by atoms with Gasteiger partial charge in [-0.1, -0.05) is 128 Å². The minimum Gasteiger partial charge on any atom is -0.509 e. The molecule has 4 saturated heterocycles. The number of hydrogen-bond acceptors (Lipinski definition) is 44. The molecule has 4 aliphatic rings. The van der Waals surface area contributed by atoms with Gasteiger partial charge in [-0.15, -0.1) is 0 Å². The fourth-order valence-electron chi connectivity index (χ4n) is 14.9. The summed E-state index contributed by atoms with van der Waals surface area (Å²) in [7, 11) is 0. The highest BCUT2D eigenvalue weighted by Gasteiger charge is 2.53. The summed E-state index contributed by atoms with van der Waals surface area (Å²) in [5.74, 6) is -11.3. The molecule has 0 aliphatic carbocycles. The van der Waals surface area contributed by atoms with Crippen molar-refractivity contribution >= 4 is 0 Å². The van der Waals surface area contributed by atoms with Crippen molar-refractivity contribution in [3.8, 4) is 0 Å². The van der Waals surface area contributed by atoms with Crippen LogP contribution in [-0.4, -0.2) is 416 Å². The van der Waals surface area contributed by atoms with Crippen molar-refractivity contribution in [3.05, 3.63) is 81.5 Å². The fourth-order valence-corrected chi connectivity index (χ4v) is 14.9. The molecule has 0 bridgehead atoms. The van der Waals surface area contributed by atoms with E-state index in [2.05, 4.69) is 0 Å². The lowest BCUT2D eigenvalue weighted by atomic mass is 9.76. The van der Waals surface area contributed by atoms with E-state index in [1.807, 2.05) is 13.8 Å². The second-order valence-corrected chi connectivity index (χ2v) is 32.5. The Morgan fingerprint density at radius 2 is 0.736 bits per heavy atom. The third kappa shape index (κ3) is 32.8. The van der Waals surface area contributed by atoms with Crippen LogP contribution in [0.3, 0.4) is 0 Å². The molecule has 30 atom stereocenters. The van der Waals surface area contributed by atoms with Crippen LogP contribution >= 0.6 is 0 Å². The summed E-state index contributed by atoms with van der Waals surface area (Å²) in [6.07, 6.45) is -45.2. The summed E-state index contributed by atoms with van der Waals surface area (Å²) in [6.45, 7) is -5.70. The molecule has 44 heteroatoms. The van der Waals surface area contributed by atoms with Crippen LogP contribution in [0.25, 0.3) is 0 Å². The molecule has 4 fully saturated rings. The lowest BCUT2D eigenvalue weighted by molar-refractivity contribution is -0.361. The zero-order valence-corrected chi connectivity index (χ0v) is 70.4. The van der Waals surface area contributed by atoms with E-state index in [0.29, 0.717) is 49.7 Å². The van der Waals surface area contributed by atoms with E-state index in [1.54, 1.807) is 24.3 Å². The van der Waals surface area contributed by atoms with Gasteiger partial charge in [-0.2, -0.15) is 0 Å². The number of aliphatic hydroxyl groups is 32. The Morgan fingerprint density at radius 3 is 1.17 bits per heavy atom. The number of benzene rings is 1. The Labute approximate surface area is 723 Å². The van der Waals surface area contributed by atoms with Gasteiger partial charge in [0.25, 0.3) is 0 Å². The molecule has 0 spiro atoms. The third-order valence-electron chi connectivity index (χ3n) is 22.6. The second-order valence-electron chi connectivity index (χ2n) is 32.5. The Morgan fingerprint density at radius 1 is 0.368 bits per heavy atom. The van der Waals surface area contributed by atoms with Crippen molar-refractivity contribution in [2.45, 2.75) is 321 Å². The maximum atomic E-state index is 11.9. The molecule has 125 heavy (non-hydrogen) atoms. The highest BCUT2D eigenvalue weighted by atomic mass is 16.8. The van der Waals surface area contributed by atoms with Gasteiger partial charge < -0.3 is 220 Å². The summed E-state index contributed by atoms with van der Waals surface area (Å²) in [5, 5.41) is 343. The van der Waals surface area contributed by atoms with Crippen molar-refractivity contribution in [2.75, 3.05) is 85.9 Å². The van der Waals surface area contributed by atoms with E-state index in [1.165, 1.54) is 0 Å². The first-order valence-corrected chi connectivity index (χ1v) is 42.4. The van der Waals surface area contributed by atoms with E-state index < -0.39 is 341 Å². The number of hydrogen-bond donors (Lipinski definition) is 32. The SMILES string of the molecule is CCCCCCCCCC(CO[C@@H]1OC(CO)[C@@H](O[C@@H](O)/C(O)=C(/O)[C@H](O)CCO)C(O)C1O)(CO[C@H](O)/C(O)=C(\O)[C@@H](CCO)O[C@@H](O)/C(O)=C(\O)[C@H](O)CCO)Cc1ccc(C[C@@](CCCCCCCCC)(CO[C@@H]2OC(CO)[C@@H](O[C@H]3OC(CO)[C@@H](O)C(O)C3O)C(O)C2O)CO[C@H](O)/C(O)=C(\O)CC(CO)CO[C@H]2OC(CO)[C@@H](O)C(O)C2O)cc1. The lowest BCUT2D eigenvalue weighted by Crippen LogP contribution is -2.64. The van der Waals surface area contributed by atoms with Crippen LogP contribution in [0.1, 0.15) is 153 Å². The number of aliphatic hydroxyl groups excluding tert-OH is 32. The van der Waals surface area contributed by atoms with Gasteiger partial charge in [0.15, 0.2) is 65.5 Å². The van der Waals surface area contributed by atoms with Gasteiger partial charge in [-0.25, -0.2) is 0 Å². The minimum absolute atomic E-state index is 0.0445. The molecule has 0 radical (unpaired) electrons. The average Bonchev–Trinajstić information content (AvgIpc) is 0.800. The van der Waals surface area contributed by atoms with Gasteiger partial charge in [0, 0.05) is 68.9 Å². The molecule has 0 saturated carbocycles. The van der Waals surface area contributed by atoms with Gasteiger partial charge >= 0.3 is 0 Å². The van der Waals surface area contributed by atoms with Crippen molar-refractivity contribution in [2.24, 2.45) is 16.7 Å². The molecule has 44 nitrogen and oxygen atoms in total. The quantitative estimate of drug-likeness (QED) is 0.0169. The monoisotopic (exact) mass is 1820 g/mol. The maximum absolute atomic E-state index is 11.9. The second kappa shape index (κ2) is 56.1. The van der Waals surface area contributed by atoms with E-state index in [0.717, 1.165) is 51.4 Å². The molecule has 0 amide bonds. The van der Waals surface area contributed by atoms with Crippen molar-refractivity contribution in [3.63, 3.8) is 0 Å². The summed E-state index contributed by atoms with van der Waals surface area (Å²) in [5.41, 5.74) is -2.17. The molecule has 14 unspecified atom stereocenters. The van der Waals surface area contributed by atoms with Crippen LogP contribution < -0.4 is 0 Å². The molecular formula is C81H140O44. The first kappa shape index (κ1) is 111. The van der Waals surface area contributed by atoms with E-state index in [-0.39, 0.29) is 25.7 Å². The first-order chi connectivity index (χ1) is 59.5. The van der Waals surface area contributed by atoms with Crippen molar-refractivity contribution in [1.82, 2.24) is 0 Å². The number of ether oxygens (including phenoxy) is 12. The minimum atomic E-state index is -2.59. The van der Waals surface area contributed by atoms with Crippen LogP contribution in [0.5, 0.6) is 0 Å². The predicted octanol–water partition coefficient (Wildman–Crippen LogP) is -3.81. The van der Waals surface area contributed by atoms with Gasteiger partial charge in [0.05, 0.1) is 59.5 Å². The van der Waals surface area contributed by atoms with Crippen molar-refractivity contribution < 1.29 is 220 Å². The molecule has 5 rings (SSSR count). The van der Waals surface area contributed by atoms with E-state index >= 15 is 0 Å². The van der Waals surface area contributed by atoms with Crippen LogP contribution in [0.2, 0.25) is 0 Å². The summed E-state index contributed by atoms with van der Waals surface area (Å²) in [4.78, 5) is 0. The molecule has 728 valence electrons. The number of allylic oxidation sites excluding steroid dienone is 1. The molecule has 1 aromatic rings. The highest BCUT2D eigenvalue weighted by molar-refractivity contribution is 5.25. The molecule has 32 N–H and O–H groups in total. The largest absolute Gasteiger partial charge is 0.509 e. The molecule has 1 aromatic carbocycles. The number of rotatable bonds is 61. The summed E-state index contributed by atoms with van der Waals surface area (Å²) in [6, 6.07) is 6.53. The average molecular weight is 1820 g/mol. The standard InChI is InChI=1S/C81H140O44/c1-3-5-7-9-11-13-15-24-80(38-115-72(110)55(95)47(92)29-44(32-85)37-114-76-66(106)59(99)57(97)49(33-86)120-76,40-118-78-69(109)62(102)71(52(36-89)123-78)125-79-67(107)60(100)58(98)50(34-87)121-79)30-42-17-19-43(20-18-42)31-81(25-16-14-12-10-8-6-4-2,39-116-73(111)65(105)56(96)48(23-28-84)119-74(112)63(103)53(93)45(90)21-26-82)41-117-77-68(108)61(101)70(51(35-88)122-77)124-75(113)64(104)54(94)46(91)22-27-83/h17-20,44-46,48-52,57-62,66-79,82-113H,3-16,21-41H2,1-2H3/b55-47+,63-53+,64-54-,65-56+/t44?,45-,46-,48-,49?,50?,51?,52?,57-,58-,59?,60?,61?,62?,66?,67?,68?,69?,70-,71-,72+,73+,74-,75-,76+,77-,78-,79-,80-,81?/m1/s1. The zero-order valence-electron chi connectivity index (χ0n) is 70.4. The van der Waals surface area contributed by atoms with Crippen LogP contribution in [0.15, 0.2) is 70.3 Å². The third-order valence-corrected chi connectivity index (χ3v) is 22.6. The topological polar surface area (TPSA) is 758 Å². The Bertz CT molecular complexity index is 3260. The molecule has 4 aliphatic heterocycles. The lowest BCUT2D eigenvalue weighted by Gasteiger charge is -2.46. The Hall–Kier alpha value is -4.86. The van der Waals surface area contributed by atoms with Crippen LogP contribution in [0, 0.1) is 16.7 Å². The predicted molar refractivity (Wildman–Crippen MR) is 427 cm³/mol. The fraction of sp³-hybridized carbons (Fsp3) is 0.827.